The average Bonchev–Trinajstić information content (AvgIpc) is 2.23. The van der Waals surface area contributed by atoms with E-state index in [9.17, 15) is 0 Å². The third-order valence-electron chi connectivity index (χ3n) is 2.66. The summed E-state index contributed by atoms with van der Waals surface area (Å²) in [5.74, 6) is 1.20. The van der Waals surface area contributed by atoms with Gasteiger partial charge >= 0.3 is 0 Å². The van der Waals surface area contributed by atoms with Gasteiger partial charge in [-0.15, -0.1) is 0 Å². The van der Waals surface area contributed by atoms with Crippen LogP contribution in [0.25, 0.3) is 0 Å². The predicted octanol–water partition coefficient (Wildman–Crippen LogP) is 1.71. The highest BCUT2D eigenvalue weighted by atomic mass is 15.6. The fourth-order valence-electron chi connectivity index (χ4n) is 1.67. The molecule has 0 aromatic rings. The van der Waals surface area contributed by atoms with Gasteiger partial charge in [0.1, 0.15) is 11.5 Å². The monoisotopic (exact) mass is 169 g/mol. The lowest BCUT2D eigenvalue weighted by Gasteiger charge is -2.36. The smallest absolute Gasteiger partial charge is 0.126 e. The van der Waals surface area contributed by atoms with Crippen LogP contribution in [0.1, 0.15) is 34.1 Å². The first kappa shape index (κ1) is 9.36. The first-order chi connectivity index (χ1) is 5.54. The first-order valence-corrected chi connectivity index (χ1v) is 4.63. The molecular weight excluding hydrogens is 150 g/mol. The van der Waals surface area contributed by atoms with E-state index in [0.29, 0.717) is 0 Å². The summed E-state index contributed by atoms with van der Waals surface area (Å²) in [5.41, 5.74) is 0.0556. The standard InChI is InChI=1S/C9H19N3/c1-6-8-10-11(5)9(3,4)12(8)7-2/h6-7H2,1-5H3. The lowest BCUT2D eigenvalue weighted by molar-refractivity contribution is 0.0712. The van der Waals surface area contributed by atoms with Crippen LogP contribution in [0.5, 0.6) is 0 Å². The molecule has 1 aliphatic rings. The van der Waals surface area contributed by atoms with E-state index < -0.39 is 0 Å². The molecule has 0 spiro atoms. The highest BCUT2D eigenvalue weighted by Crippen LogP contribution is 2.26. The molecule has 0 aromatic heterocycles. The largest absolute Gasteiger partial charge is 0.335 e. The third-order valence-corrected chi connectivity index (χ3v) is 2.66. The molecule has 0 unspecified atom stereocenters. The number of hydrogen-bond acceptors (Lipinski definition) is 3. The van der Waals surface area contributed by atoms with Gasteiger partial charge in [0, 0.05) is 20.0 Å². The van der Waals surface area contributed by atoms with Crippen LogP contribution < -0.4 is 0 Å². The summed E-state index contributed by atoms with van der Waals surface area (Å²) < 4.78 is 0. The van der Waals surface area contributed by atoms with Crippen LogP contribution in [0.2, 0.25) is 0 Å². The summed E-state index contributed by atoms with van der Waals surface area (Å²) in [4.78, 5) is 2.34. The summed E-state index contributed by atoms with van der Waals surface area (Å²) in [6.45, 7) is 9.75. The maximum Gasteiger partial charge on any atom is 0.126 e. The molecule has 0 bridgehead atoms. The Bertz CT molecular complexity index is 196. The number of nitrogens with zero attached hydrogens (tertiary/aromatic N) is 3. The molecule has 0 fully saturated rings. The summed E-state index contributed by atoms with van der Waals surface area (Å²) in [7, 11) is 2.03. The predicted molar refractivity (Wildman–Crippen MR) is 51.9 cm³/mol. The van der Waals surface area contributed by atoms with Crippen molar-refractivity contribution in [1.29, 1.82) is 0 Å². The fraction of sp³-hybridized carbons (Fsp3) is 0.889. The van der Waals surface area contributed by atoms with Crippen molar-refractivity contribution in [2.24, 2.45) is 5.10 Å². The molecule has 0 saturated heterocycles. The molecule has 12 heavy (non-hydrogen) atoms. The molecule has 1 rings (SSSR count). The molecule has 3 nitrogen and oxygen atoms in total. The SMILES string of the molecule is CCC1=NN(C)C(C)(C)N1CC. The second-order valence-corrected chi connectivity index (χ2v) is 3.63. The Hall–Kier alpha value is -0.730. The van der Waals surface area contributed by atoms with Crippen LogP contribution in [0.15, 0.2) is 5.10 Å². The summed E-state index contributed by atoms with van der Waals surface area (Å²) in [6.07, 6.45) is 1.02. The highest BCUT2D eigenvalue weighted by Gasteiger charge is 2.36. The van der Waals surface area contributed by atoms with E-state index in [1.165, 1.54) is 5.84 Å². The maximum absolute atomic E-state index is 4.49. The van der Waals surface area contributed by atoms with Crippen molar-refractivity contribution in [2.45, 2.75) is 39.8 Å². The van der Waals surface area contributed by atoms with Gasteiger partial charge in [-0.25, -0.2) is 0 Å². The van der Waals surface area contributed by atoms with Crippen molar-refractivity contribution in [2.75, 3.05) is 13.6 Å². The Morgan fingerprint density at radius 1 is 1.33 bits per heavy atom. The van der Waals surface area contributed by atoms with Crippen LogP contribution in [0, 0.1) is 0 Å². The van der Waals surface area contributed by atoms with Gasteiger partial charge < -0.3 is 4.90 Å². The van der Waals surface area contributed by atoms with Crippen LogP contribution in [-0.2, 0) is 0 Å². The fourth-order valence-corrected chi connectivity index (χ4v) is 1.67. The van der Waals surface area contributed by atoms with E-state index in [2.05, 4.69) is 37.7 Å². The van der Waals surface area contributed by atoms with Gasteiger partial charge in [0.2, 0.25) is 0 Å². The maximum atomic E-state index is 4.49. The molecule has 0 aliphatic carbocycles. The van der Waals surface area contributed by atoms with E-state index in [1.807, 2.05) is 12.1 Å². The number of hydrogen-bond donors (Lipinski definition) is 0. The highest BCUT2D eigenvalue weighted by molar-refractivity contribution is 5.83. The third kappa shape index (κ3) is 1.17. The van der Waals surface area contributed by atoms with E-state index in [1.54, 1.807) is 0 Å². The van der Waals surface area contributed by atoms with Crippen LogP contribution >= 0.6 is 0 Å². The molecule has 0 N–H and O–H groups in total. The van der Waals surface area contributed by atoms with Crippen molar-refractivity contribution < 1.29 is 0 Å². The van der Waals surface area contributed by atoms with Crippen LogP contribution in [-0.4, -0.2) is 35.0 Å². The molecule has 1 heterocycles. The summed E-state index contributed by atoms with van der Waals surface area (Å²) >= 11 is 0. The molecule has 0 radical (unpaired) electrons. The average molecular weight is 169 g/mol. The van der Waals surface area contributed by atoms with E-state index in [-0.39, 0.29) is 5.66 Å². The quantitative estimate of drug-likeness (QED) is 0.626. The number of hydrazone groups is 1. The van der Waals surface area contributed by atoms with Crippen molar-refractivity contribution in [3.8, 4) is 0 Å². The lowest BCUT2D eigenvalue weighted by atomic mass is 10.2. The minimum atomic E-state index is 0.0556. The normalized spacial score (nSPS) is 21.6. The second kappa shape index (κ2) is 2.96. The number of rotatable bonds is 2. The van der Waals surface area contributed by atoms with E-state index in [4.69, 9.17) is 0 Å². The second-order valence-electron chi connectivity index (χ2n) is 3.63. The van der Waals surface area contributed by atoms with Gasteiger partial charge in [-0.1, -0.05) is 6.92 Å². The Balaban J connectivity index is 2.87. The minimum Gasteiger partial charge on any atom is -0.335 e. The van der Waals surface area contributed by atoms with Gasteiger partial charge in [0.05, 0.1) is 0 Å². The van der Waals surface area contributed by atoms with Crippen LogP contribution in [0.3, 0.4) is 0 Å². The van der Waals surface area contributed by atoms with Gasteiger partial charge in [-0.2, -0.15) is 5.10 Å². The van der Waals surface area contributed by atoms with Gasteiger partial charge in [-0.3, -0.25) is 5.01 Å². The zero-order valence-corrected chi connectivity index (χ0v) is 8.76. The Kier molecular flexibility index (Phi) is 2.31. The Morgan fingerprint density at radius 2 is 1.92 bits per heavy atom. The number of amidine groups is 1. The van der Waals surface area contributed by atoms with Crippen molar-refractivity contribution in [3.05, 3.63) is 0 Å². The molecule has 70 valence electrons. The van der Waals surface area contributed by atoms with E-state index >= 15 is 0 Å². The molecule has 3 heteroatoms. The van der Waals surface area contributed by atoms with Gasteiger partial charge in [0.25, 0.3) is 0 Å². The minimum absolute atomic E-state index is 0.0556. The zero-order chi connectivity index (χ0) is 9.35. The lowest BCUT2D eigenvalue weighted by Crippen LogP contribution is -2.49. The van der Waals surface area contributed by atoms with Gasteiger partial charge in [0.15, 0.2) is 0 Å². The zero-order valence-electron chi connectivity index (χ0n) is 8.76. The Morgan fingerprint density at radius 3 is 2.25 bits per heavy atom. The van der Waals surface area contributed by atoms with Crippen LogP contribution in [0.4, 0.5) is 0 Å². The van der Waals surface area contributed by atoms with Crippen molar-refractivity contribution in [3.63, 3.8) is 0 Å². The first-order valence-electron chi connectivity index (χ1n) is 4.63. The van der Waals surface area contributed by atoms with Gasteiger partial charge in [-0.05, 0) is 20.8 Å². The topological polar surface area (TPSA) is 18.8 Å². The molecule has 0 amide bonds. The van der Waals surface area contributed by atoms with Crippen molar-refractivity contribution in [1.82, 2.24) is 9.91 Å². The van der Waals surface area contributed by atoms with Crippen molar-refractivity contribution >= 4 is 5.84 Å². The summed E-state index contributed by atoms with van der Waals surface area (Å²) in [6, 6.07) is 0. The summed E-state index contributed by atoms with van der Waals surface area (Å²) in [5, 5.41) is 6.52. The molecule has 0 atom stereocenters. The Labute approximate surface area is 75.0 Å². The molecular formula is C9H19N3. The molecule has 0 saturated carbocycles. The molecule has 0 aromatic carbocycles. The molecule has 1 aliphatic heterocycles. The van der Waals surface area contributed by atoms with E-state index in [0.717, 1.165) is 13.0 Å².